The topological polar surface area (TPSA) is 105 Å². The second-order valence-electron chi connectivity index (χ2n) is 8.06. The molecule has 0 spiro atoms. The monoisotopic (exact) mass is 434 g/mol. The number of nitrogens with zero attached hydrogens (tertiary/aromatic N) is 4. The zero-order valence-electron chi connectivity index (χ0n) is 17.8. The first kappa shape index (κ1) is 20.6. The molecule has 5 rings (SSSR count). The SMILES string of the molecule is O=CCN1CCc2nc(Nc3ccc(-c4cnco4)cc3)nc(NCC3CCCO3)c2C1. The van der Waals surface area contributed by atoms with Crippen LogP contribution >= 0.6 is 0 Å². The van der Waals surface area contributed by atoms with Gasteiger partial charge in [0.15, 0.2) is 12.2 Å². The predicted octanol–water partition coefficient (Wildman–Crippen LogP) is 3.02. The smallest absolute Gasteiger partial charge is 0.229 e. The second kappa shape index (κ2) is 9.46. The summed E-state index contributed by atoms with van der Waals surface area (Å²) in [6, 6.07) is 7.86. The second-order valence-corrected chi connectivity index (χ2v) is 8.06. The summed E-state index contributed by atoms with van der Waals surface area (Å²) in [6.45, 7) is 3.41. The van der Waals surface area contributed by atoms with Gasteiger partial charge in [-0.2, -0.15) is 4.98 Å². The van der Waals surface area contributed by atoms with Crippen LogP contribution in [0.3, 0.4) is 0 Å². The maximum absolute atomic E-state index is 11.0. The van der Waals surface area contributed by atoms with Gasteiger partial charge in [0, 0.05) is 49.5 Å². The zero-order chi connectivity index (χ0) is 21.8. The summed E-state index contributed by atoms with van der Waals surface area (Å²) in [4.78, 5) is 26.6. The normalized spacial score (nSPS) is 18.3. The number of rotatable bonds is 8. The van der Waals surface area contributed by atoms with Crippen molar-refractivity contribution < 1.29 is 13.9 Å². The fraction of sp³-hybridized carbons (Fsp3) is 0.391. The third-order valence-electron chi connectivity index (χ3n) is 5.85. The van der Waals surface area contributed by atoms with Crippen molar-refractivity contribution in [1.29, 1.82) is 0 Å². The summed E-state index contributed by atoms with van der Waals surface area (Å²) in [5.41, 5.74) is 3.91. The first-order chi connectivity index (χ1) is 15.8. The van der Waals surface area contributed by atoms with Gasteiger partial charge in [-0.1, -0.05) is 0 Å². The molecule has 0 saturated carbocycles. The lowest BCUT2D eigenvalue weighted by Crippen LogP contribution is -2.34. The van der Waals surface area contributed by atoms with Gasteiger partial charge < -0.3 is 24.6 Å². The number of hydrogen-bond acceptors (Lipinski definition) is 9. The van der Waals surface area contributed by atoms with Crippen LogP contribution in [0.2, 0.25) is 0 Å². The standard InChI is InChI=1S/C23H26N6O3/c30-10-9-29-8-7-20-19(14-29)22(25-12-18-2-1-11-31-18)28-23(27-20)26-17-5-3-16(4-6-17)21-13-24-15-32-21/h3-6,10,13,15,18H,1-2,7-9,11-12,14H2,(H2,25,26,27,28). The molecule has 9 heteroatoms. The number of nitrogens with one attached hydrogen (secondary N) is 2. The number of carbonyl (C=O) groups is 1. The minimum Gasteiger partial charge on any atom is -0.444 e. The summed E-state index contributed by atoms with van der Waals surface area (Å²) in [7, 11) is 0. The fourth-order valence-corrected chi connectivity index (χ4v) is 4.15. The van der Waals surface area contributed by atoms with Crippen molar-refractivity contribution in [2.24, 2.45) is 0 Å². The van der Waals surface area contributed by atoms with Gasteiger partial charge in [-0.15, -0.1) is 0 Å². The Morgan fingerprint density at radius 1 is 1.22 bits per heavy atom. The van der Waals surface area contributed by atoms with E-state index in [0.717, 1.165) is 72.8 Å². The molecule has 3 aromatic rings. The number of benzene rings is 1. The molecule has 0 bridgehead atoms. The summed E-state index contributed by atoms with van der Waals surface area (Å²) in [5.74, 6) is 2.08. The molecule has 1 aromatic carbocycles. The van der Waals surface area contributed by atoms with Crippen LogP contribution in [-0.4, -0.2) is 58.5 Å². The van der Waals surface area contributed by atoms with Crippen LogP contribution in [0, 0.1) is 0 Å². The van der Waals surface area contributed by atoms with Crippen LogP contribution in [-0.2, 0) is 22.5 Å². The molecule has 1 atom stereocenters. The van der Waals surface area contributed by atoms with E-state index >= 15 is 0 Å². The minimum atomic E-state index is 0.204. The van der Waals surface area contributed by atoms with Crippen LogP contribution in [0.4, 0.5) is 17.5 Å². The maximum atomic E-state index is 11.0. The number of anilines is 3. The molecule has 4 heterocycles. The third kappa shape index (κ3) is 4.63. The van der Waals surface area contributed by atoms with Gasteiger partial charge in [0.1, 0.15) is 12.1 Å². The average molecular weight is 435 g/mol. The molecule has 0 radical (unpaired) electrons. The van der Waals surface area contributed by atoms with E-state index in [4.69, 9.17) is 19.1 Å². The number of aromatic nitrogens is 3. The van der Waals surface area contributed by atoms with Gasteiger partial charge in [-0.05, 0) is 37.1 Å². The van der Waals surface area contributed by atoms with Crippen molar-refractivity contribution in [3.05, 3.63) is 48.1 Å². The molecule has 2 aliphatic heterocycles. The van der Waals surface area contributed by atoms with Crippen molar-refractivity contribution >= 4 is 23.7 Å². The highest BCUT2D eigenvalue weighted by Crippen LogP contribution is 2.28. The highest BCUT2D eigenvalue weighted by molar-refractivity contribution is 5.64. The van der Waals surface area contributed by atoms with Gasteiger partial charge in [0.2, 0.25) is 5.95 Å². The van der Waals surface area contributed by atoms with E-state index in [-0.39, 0.29) is 6.10 Å². The van der Waals surface area contributed by atoms with Crippen LogP contribution < -0.4 is 10.6 Å². The molecule has 1 fully saturated rings. The average Bonchev–Trinajstić information content (AvgIpc) is 3.53. The Hall–Kier alpha value is -3.30. The van der Waals surface area contributed by atoms with Crippen molar-refractivity contribution in [3.63, 3.8) is 0 Å². The Morgan fingerprint density at radius 3 is 2.88 bits per heavy atom. The number of oxazole rings is 1. The summed E-state index contributed by atoms with van der Waals surface area (Å²) < 4.78 is 11.1. The van der Waals surface area contributed by atoms with Crippen LogP contribution in [0.25, 0.3) is 11.3 Å². The Kier molecular flexibility index (Phi) is 6.09. The third-order valence-corrected chi connectivity index (χ3v) is 5.85. The maximum Gasteiger partial charge on any atom is 0.229 e. The lowest BCUT2D eigenvalue weighted by Gasteiger charge is -2.28. The predicted molar refractivity (Wildman–Crippen MR) is 120 cm³/mol. The number of carbonyl (C=O) groups excluding carboxylic acids is 1. The first-order valence-electron chi connectivity index (χ1n) is 11.0. The molecule has 1 unspecified atom stereocenters. The van der Waals surface area contributed by atoms with Gasteiger partial charge in [-0.25, -0.2) is 9.97 Å². The molecule has 0 aliphatic carbocycles. The zero-order valence-corrected chi connectivity index (χ0v) is 17.8. The highest BCUT2D eigenvalue weighted by atomic mass is 16.5. The molecule has 1 saturated heterocycles. The lowest BCUT2D eigenvalue weighted by molar-refractivity contribution is -0.109. The number of aldehydes is 1. The first-order valence-corrected chi connectivity index (χ1v) is 11.0. The van der Waals surface area contributed by atoms with E-state index in [0.29, 0.717) is 25.6 Å². The van der Waals surface area contributed by atoms with Crippen LogP contribution in [0.15, 0.2) is 41.3 Å². The van der Waals surface area contributed by atoms with E-state index in [1.54, 1.807) is 6.20 Å². The molecule has 32 heavy (non-hydrogen) atoms. The van der Waals surface area contributed by atoms with E-state index in [1.165, 1.54) is 6.39 Å². The number of fused-ring (bicyclic) bond motifs is 1. The summed E-state index contributed by atoms with van der Waals surface area (Å²) in [5, 5.41) is 6.80. The minimum absolute atomic E-state index is 0.204. The highest BCUT2D eigenvalue weighted by Gasteiger charge is 2.23. The number of ether oxygens (including phenoxy) is 1. The van der Waals surface area contributed by atoms with E-state index in [2.05, 4.69) is 20.5 Å². The van der Waals surface area contributed by atoms with Crippen molar-refractivity contribution in [2.45, 2.75) is 31.9 Å². The van der Waals surface area contributed by atoms with Gasteiger partial charge in [0.05, 0.1) is 24.5 Å². The van der Waals surface area contributed by atoms with Gasteiger partial charge in [0.25, 0.3) is 0 Å². The Bertz CT molecular complexity index is 1050. The number of hydrogen-bond donors (Lipinski definition) is 2. The fourth-order valence-electron chi connectivity index (χ4n) is 4.15. The van der Waals surface area contributed by atoms with E-state index < -0.39 is 0 Å². The molecule has 2 N–H and O–H groups in total. The Balaban J connectivity index is 1.37. The van der Waals surface area contributed by atoms with Crippen molar-refractivity contribution in [1.82, 2.24) is 19.9 Å². The van der Waals surface area contributed by atoms with Crippen LogP contribution in [0.5, 0.6) is 0 Å². The Morgan fingerprint density at radius 2 is 2.12 bits per heavy atom. The summed E-state index contributed by atoms with van der Waals surface area (Å²) >= 11 is 0. The van der Waals surface area contributed by atoms with Gasteiger partial charge in [-0.3, -0.25) is 4.90 Å². The van der Waals surface area contributed by atoms with Gasteiger partial charge >= 0.3 is 0 Å². The van der Waals surface area contributed by atoms with Crippen molar-refractivity contribution in [2.75, 3.05) is 36.9 Å². The lowest BCUT2D eigenvalue weighted by atomic mass is 10.1. The van der Waals surface area contributed by atoms with Crippen molar-refractivity contribution in [3.8, 4) is 11.3 Å². The molecular formula is C23H26N6O3. The molecule has 0 amide bonds. The van der Waals surface area contributed by atoms with E-state index in [1.807, 2.05) is 24.3 Å². The molecule has 2 aliphatic rings. The molecule has 9 nitrogen and oxygen atoms in total. The molecular weight excluding hydrogens is 408 g/mol. The van der Waals surface area contributed by atoms with Crippen LogP contribution in [0.1, 0.15) is 24.1 Å². The molecule has 2 aromatic heterocycles. The van der Waals surface area contributed by atoms with E-state index in [9.17, 15) is 4.79 Å². The Labute approximate surface area is 186 Å². The largest absolute Gasteiger partial charge is 0.444 e. The summed E-state index contributed by atoms with van der Waals surface area (Å²) in [6.07, 6.45) is 7.19. The quantitative estimate of drug-likeness (QED) is 0.518. The molecule has 166 valence electrons.